The summed E-state index contributed by atoms with van der Waals surface area (Å²) in [5.41, 5.74) is 1.17. The zero-order chi connectivity index (χ0) is 16.6. The van der Waals surface area contributed by atoms with Crippen LogP contribution >= 0.6 is 0 Å². The SMILES string of the molecule is CCN1CC(C2CCN(Cc3ccccc3)CC2)OC2(CC2)C1O. The second kappa shape index (κ2) is 6.75. The van der Waals surface area contributed by atoms with Crippen LogP contribution in [0.4, 0.5) is 0 Å². The average molecular weight is 330 g/mol. The van der Waals surface area contributed by atoms with Gasteiger partial charge in [0, 0.05) is 13.1 Å². The lowest BCUT2D eigenvalue weighted by atomic mass is 9.89. The van der Waals surface area contributed by atoms with Crippen LogP contribution in [-0.2, 0) is 11.3 Å². The molecule has 0 amide bonds. The summed E-state index contributed by atoms with van der Waals surface area (Å²) in [6.45, 7) is 7.31. The maximum Gasteiger partial charge on any atom is 0.136 e. The molecule has 0 radical (unpaired) electrons. The third-order valence-corrected chi connectivity index (χ3v) is 6.17. The fourth-order valence-corrected chi connectivity index (χ4v) is 4.43. The number of nitrogens with zero attached hydrogens (tertiary/aromatic N) is 2. The lowest BCUT2D eigenvalue weighted by molar-refractivity contribution is -0.216. The monoisotopic (exact) mass is 330 g/mol. The Balaban J connectivity index is 1.32. The van der Waals surface area contributed by atoms with Gasteiger partial charge in [-0.1, -0.05) is 37.3 Å². The zero-order valence-corrected chi connectivity index (χ0v) is 14.7. The predicted octanol–water partition coefficient (Wildman–Crippen LogP) is 2.47. The van der Waals surface area contributed by atoms with Gasteiger partial charge in [0.05, 0.1) is 6.10 Å². The number of piperidine rings is 1. The Morgan fingerprint density at radius 1 is 1.17 bits per heavy atom. The molecule has 24 heavy (non-hydrogen) atoms. The molecule has 2 heterocycles. The van der Waals surface area contributed by atoms with E-state index in [1.54, 1.807) is 0 Å². The molecule has 4 rings (SSSR count). The molecule has 1 spiro atoms. The first kappa shape index (κ1) is 16.5. The molecule has 1 aromatic carbocycles. The quantitative estimate of drug-likeness (QED) is 0.920. The highest BCUT2D eigenvalue weighted by Crippen LogP contribution is 2.48. The third-order valence-electron chi connectivity index (χ3n) is 6.17. The van der Waals surface area contributed by atoms with E-state index in [2.05, 4.69) is 47.1 Å². The van der Waals surface area contributed by atoms with Crippen LogP contribution < -0.4 is 0 Å². The number of aliphatic hydroxyl groups excluding tert-OH is 1. The Bertz CT molecular complexity index is 538. The molecule has 0 aromatic heterocycles. The van der Waals surface area contributed by atoms with E-state index in [-0.39, 0.29) is 5.60 Å². The molecule has 2 saturated heterocycles. The van der Waals surface area contributed by atoms with Gasteiger partial charge in [0.1, 0.15) is 11.8 Å². The lowest BCUT2D eigenvalue weighted by Gasteiger charge is -2.46. The minimum atomic E-state index is -0.392. The van der Waals surface area contributed by atoms with E-state index in [1.807, 2.05) is 0 Å². The minimum absolute atomic E-state index is 0.236. The second-order valence-corrected chi connectivity index (χ2v) is 7.78. The van der Waals surface area contributed by atoms with Gasteiger partial charge in [0.15, 0.2) is 0 Å². The number of likely N-dealkylation sites (N-methyl/N-ethyl adjacent to an activating group) is 1. The van der Waals surface area contributed by atoms with Crippen molar-refractivity contribution in [1.82, 2.24) is 9.80 Å². The van der Waals surface area contributed by atoms with Crippen LogP contribution in [0.5, 0.6) is 0 Å². The van der Waals surface area contributed by atoms with Gasteiger partial charge in [-0.3, -0.25) is 9.80 Å². The van der Waals surface area contributed by atoms with Crippen LogP contribution in [0.15, 0.2) is 30.3 Å². The molecule has 132 valence electrons. The average Bonchev–Trinajstić information content (AvgIpc) is 3.39. The lowest BCUT2D eigenvalue weighted by Crippen LogP contribution is -2.58. The molecule has 1 saturated carbocycles. The summed E-state index contributed by atoms with van der Waals surface area (Å²) >= 11 is 0. The van der Waals surface area contributed by atoms with Gasteiger partial charge in [-0.15, -0.1) is 0 Å². The summed E-state index contributed by atoms with van der Waals surface area (Å²) in [5.74, 6) is 0.635. The molecule has 2 atom stereocenters. The summed E-state index contributed by atoms with van der Waals surface area (Å²) in [5, 5.41) is 10.5. The van der Waals surface area contributed by atoms with Crippen molar-refractivity contribution in [1.29, 1.82) is 0 Å². The van der Waals surface area contributed by atoms with Gasteiger partial charge in [-0.2, -0.15) is 0 Å². The molecule has 4 nitrogen and oxygen atoms in total. The molecule has 3 fully saturated rings. The Morgan fingerprint density at radius 3 is 2.50 bits per heavy atom. The zero-order valence-electron chi connectivity index (χ0n) is 14.7. The van der Waals surface area contributed by atoms with Gasteiger partial charge in [0.2, 0.25) is 0 Å². The molecular weight excluding hydrogens is 300 g/mol. The standard InChI is InChI=1S/C20H30N2O2/c1-2-22-15-18(24-20(10-11-20)19(22)23)17-8-12-21(13-9-17)14-16-6-4-3-5-7-16/h3-7,17-19,23H,2,8-15H2,1H3. The Morgan fingerprint density at radius 2 is 1.88 bits per heavy atom. The van der Waals surface area contributed by atoms with Crippen LogP contribution in [0, 0.1) is 5.92 Å². The molecular formula is C20H30N2O2. The van der Waals surface area contributed by atoms with E-state index in [0.717, 1.165) is 45.6 Å². The summed E-state index contributed by atoms with van der Waals surface area (Å²) in [7, 11) is 0. The number of hydrogen-bond acceptors (Lipinski definition) is 4. The Labute approximate surface area is 145 Å². The maximum absolute atomic E-state index is 10.5. The number of rotatable bonds is 4. The molecule has 2 aliphatic heterocycles. The molecule has 1 aromatic rings. The highest BCUT2D eigenvalue weighted by Gasteiger charge is 2.57. The summed E-state index contributed by atoms with van der Waals surface area (Å²) in [6.07, 6.45) is 4.37. The number of ether oxygens (including phenoxy) is 1. The van der Waals surface area contributed by atoms with Crippen LogP contribution in [0.3, 0.4) is 0 Å². The van der Waals surface area contributed by atoms with Crippen LogP contribution in [0.25, 0.3) is 0 Å². The predicted molar refractivity (Wildman–Crippen MR) is 94.5 cm³/mol. The fourth-order valence-electron chi connectivity index (χ4n) is 4.43. The molecule has 2 unspecified atom stereocenters. The van der Waals surface area contributed by atoms with Gasteiger partial charge in [-0.25, -0.2) is 0 Å². The van der Waals surface area contributed by atoms with Gasteiger partial charge in [-0.05, 0) is 56.8 Å². The van der Waals surface area contributed by atoms with E-state index in [9.17, 15) is 5.11 Å². The smallest absolute Gasteiger partial charge is 0.136 e. The normalized spacial score (nSPS) is 31.4. The van der Waals surface area contributed by atoms with E-state index >= 15 is 0 Å². The van der Waals surface area contributed by atoms with Crippen LogP contribution in [0.1, 0.15) is 38.2 Å². The summed E-state index contributed by atoms with van der Waals surface area (Å²) in [4.78, 5) is 4.78. The van der Waals surface area contributed by atoms with Crippen molar-refractivity contribution in [2.45, 2.75) is 57.1 Å². The molecule has 1 N–H and O–H groups in total. The highest BCUT2D eigenvalue weighted by atomic mass is 16.5. The van der Waals surface area contributed by atoms with Crippen LogP contribution in [-0.4, -0.2) is 59.0 Å². The van der Waals surface area contributed by atoms with Gasteiger partial charge >= 0.3 is 0 Å². The topological polar surface area (TPSA) is 35.9 Å². The third kappa shape index (κ3) is 3.25. The van der Waals surface area contributed by atoms with Crippen LogP contribution in [0.2, 0.25) is 0 Å². The van der Waals surface area contributed by atoms with E-state index in [4.69, 9.17) is 4.74 Å². The highest BCUT2D eigenvalue weighted by molar-refractivity contribution is 5.14. The summed E-state index contributed by atoms with van der Waals surface area (Å²) in [6, 6.07) is 10.8. The van der Waals surface area contributed by atoms with Crippen molar-refractivity contribution in [3.05, 3.63) is 35.9 Å². The number of likely N-dealkylation sites (tertiary alicyclic amines) is 1. The second-order valence-electron chi connectivity index (χ2n) is 7.78. The number of benzene rings is 1. The van der Waals surface area contributed by atoms with Crippen molar-refractivity contribution < 1.29 is 9.84 Å². The van der Waals surface area contributed by atoms with Crippen molar-refractivity contribution in [2.24, 2.45) is 5.92 Å². The Hall–Kier alpha value is -0.940. The fraction of sp³-hybridized carbons (Fsp3) is 0.700. The van der Waals surface area contributed by atoms with Crippen molar-refractivity contribution in [3.63, 3.8) is 0 Å². The van der Waals surface area contributed by atoms with Gasteiger partial charge in [0.25, 0.3) is 0 Å². The summed E-state index contributed by atoms with van der Waals surface area (Å²) < 4.78 is 6.41. The largest absolute Gasteiger partial charge is 0.375 e. The minimum Gasteiger partial charge on any atom is -0.375 e. The van der Waals surface area contributed by atoms with E-state index in [0.29, 0.717) is 12.0 Å². The maximum atomic E-state index is 10.5. The molecule has 4 heteroatoms. The Kier molecular flexibility index (Phi) is 4.65. The first-order valence-electron chi connectivity index (χ1n) is 9.56. The first-order chi connectivity index (χ1) is 11.7. The molecule has 0 bridgehead atoms. The number of morpholine rings is 1. The van der Waals surface area contributed by atoms with E-state index < -0.39 is 6.23 Å². The first-order valence-corrected chi connectivity index (χ1v) is 9.56. The van der Waals surface area contributed by atoms with Crippen molar-refractivity contribution >= 4 is 0 Å². The number of aliphatic hydroxyl groups is 1. The molecule has 1 aliphatic carbocycles. The number of hydrogen-bond donors (Lipinski definition) is 1. The van der Waals surface area contributed by atoms with Gasteiger partial charge < -0.3 is 9.84 Å². The van der Waals surface area contributed by atoms with Crippen molar-refractivity contribution in [2.75, 3.05) is 26.2 Å². The van der Waals surface area contributed by atoms with E-state index in [1.165, 1.54) is 18.4 Å². The van der Waals surface area contributed by atoms with Crippen molar-refractivity contribution in [3.8, 4) is 0 Å². The molecule has 3 aliphatic rings.